The summed E-state index contributed by atoms with van der Waals surface area (Å²) in [7, 11) is 0. The Balaban J connectivity index is 0.000000561. The van der Waals surface area contributed by atoms with Gasteiger partial charge in [-0.2, -0.15) is 0 Å². The molecule has 0 N–H and O–H groups in total. The standard InChI is InChI=1S/C9H12S.C2H6/c1-7(2)8-4-3-5-9(10)6-8;1-2/h3-7,10H,1-2H3;1-2H3. The van der Waals surface area contributed by atoms with E-state index >= 15 is 0 Å². The second kappa shape index (κ2) is 6.13. The van der Waals surface area contributed by atoms with Crippen LogP contribution in [0.25, 0.3) is 0 Å². The molecule has 0 nitrogen and oxygen atoms in total. The first kappa shape index (κ1) is 11.6. The van der Waals surface area contributed by atoms with E-state index in [1.807, 2.05) is 26.0 Å². The summed E-state index contributed by atoms with van der Waals surface area (Å²) < 4.78 is 0. The summed E-state index contributed by atoms with van der Waals surface area (Å²) in [6.45, 7) is 8.37. The third-order valence-electron chi connectivity index (χ3n) is 1.54. The highest BCUT2D eigenvalue weighted by Gasteiger charge is 1.96. The maximum atomic E-state index is 4.25. The van der Waals surface area contributed by atoms with Crippen molar-refractivity contribution in [2.75, 3.05) is 0 Å². The minimum absolute atomic E-state index is 0.604. The number of thiol groups is 1. The van der Waals surface area contributed by atoms with Gasteiger partial charge in [0, 0.05) is 4.90 Å². The van der Waals surface area contributed by atoms with Crippen LogP contribution in [0.2, 0.25) is 0 Å². The maximum Gasteiger partial charge on any atom is 0.00428 e. The molecule has 0 heterocycles. The molecule has 0 aromatic heterocycles. The van der Waals surface area contributed by atoms with E-state index < -0.39 is 0 Å². The average Bonchev–Trinajstić information content (AvgIpc) is 2.08. The van der Waals surface area contributed by atoms with E-state index in [2.05, 4.69) is 38.6 Å². The van der Waals surface area contributed by atoms with Gasteiger partial charge in [-0.15, -0.1) is 12.6 Å². The maximum absolute atomic E-state index is 4.25. The number of rotatable bonds is 1. The lowest BCUT2D eigenvalue weighted by molar-refractivity contribution is 0.862. The van der Waals surface area contributed by atoms with E-state index in [4.69, 9.17) is 0 Å². The summed E-state index contributed by atoms with van der Waals surface area (Å²) in [6, 6.07) is 8.27. The van der Waals surface area contributed by atoms with Crippen molar-refractivity contribution < 1.29 is 0 Å². The van der Waals surface area contributed by atoms with Crippen LogP contribution < -0.4 is 0 Å². The first-order valence-corrected chi connectivity index (χ1v) is 4.94. The smallest absolute Gasteiger partial charge is 0.00428 e. The topological polar surface area (TPSA) is 0 Å². The zero-order valence-electron chi connectivity index (χ0n) is 8.33. The molecular weight excluding hydrogens is 164 g/mol. The Labute approximate surface area is 81.4 Å². The van der Waals surface area contributed by atoms with E-state index in [1.54, 1.807) is 0 Å². The van der Waals surface area contributed by atoms with Crippen LogP contribution in [0, 0.1) is 0 Å². The third kappa shape index (κ3) is 3.82. The molecular formula is C11H18S. The van der Waals surface area contributed by atoms with Gasteiger partial charge in [0.2, 0.25) is 0 Å². The van der Waals surface area contributed by atoms with Crippen LogP contribution in [0.15, 0.2) is 29.2 Å². The monoisotopic (exact) mass is 182 g/mol. The van der Waals surface area contributed by atoms with Gasteiger partial charge in [0.1, 0.15) is 0 Å². The minimum Gasteiger partial charge on any atom is -0.143 e. The van der Waals surface area contributed by atoms with Gasteiger partial charge in [-0.25, -0.2) is 0 Å². The fraction of sp³-hybridized carbons (Fsp3) is 0.455. The zero-order valence-corrected chi connectivity index (χ0v) is 9.23. The molecule has 68 valence electrons. The van der Waals surface area contributed by atoms with Crippen molar-refractivity contribution in [1.82, 2.24) is 0 Å². The third-order valence-corrected chi connectivity index (χ3v) is 1.82. The van der Waals surface area contributed by atoms with Crippen LogP contribution in [-0.2, 0) is 0 Å². The van der Waals surface area contributed by atoms with Crippen molar-refractivity contribution in [3.63, 3.8) is 0 Å². The molecule has 0 atom stereocenters. The molecule has 0 aliphatic heterocycles. The largest absolute Gasteiger partial charge is 0.143 e. The van der Waals surface area contributed by atoms with Gasteiger partial charge in [0.15, 0.2) is 0 Å². The molecule has 1 heteroatoms. The summed E-state index contributed by atoms with van der Waals surface area (Å²) in [6.07, 6.45) is 0. The lowest BCUT2D eigenvalue weighted by Gasteiger charge is -2.03. The number of benzene rings is 1. The van der Waals surface area contributed by atoms with Gasteiger partial charge in [0.05, 0.1) is 0 Å². The highest BCUT2D eigenvalue weighted by molar-refractivity contribution is 7.80. The number of hydrogen-bond donors (Lipinski definition) is 1. The van der Waals surface area contributed by atoms with E-state index in [-0.39, 0.29) is 0 Å². The van der Waals surface area contributed by atoms with Crippen molar-refractivity contribution in [3.05, 3.63) is 29.8 Å². The molecule has 0 saturated heterocycles. The van der Waals surface area contributed by atoms with Crippen LogP contribution >= 0.6 is 12.6 Å². The summed E-state index contributed by atoms with van der Waals surface area (Å²) >= 11 is 4.25. The lowest BCUT2D eigenvalue weighted by atomic mass is 10.0. The van der Waals surface area contributed by atoms with E-state index in [0.29, 0.717) is 5.92 Å². The van der Waals surface area contributed by atoms with E-state index in [0.717, 1.165) is 4.90 Å². The van der Waals surface area contributed by atoms with Crippen LogP contribution in [0.3, 0.4) is 0 Å². The summed E-state index contributed by atoms with van der Waals surface area (Å²) in [5.41, 5.74) is 1.35. The molecule has 1 aromatic carbocycles. The molecule has 0 aliphatic carbocycles. The van der Waals surface area contributed by atoms with Crippen LogP contribution in [0.1, 0.15) is 39.2 Å². The summed E-state index contributed by atoms with van der Waals surface area (Å²) in [5, 5.41) is 0. The molecule has 0 spiro atoms. The van der Waals surface area contributed by atoms with E-state index in [1.165, 1.54) is 5.56 Å². The summed E-state index contributed by atoms with van der Waals surface area (Å²) in [4.78, 5) is 1.05. The Kier molecular flexibility index (Phi) is 5.91. The average molecular weight is 182 g/mol. The lowest BCUT2D eigenvalue weighted by Crippen LogP contribution is -1.85. The molecule has 0 unspecified atom stereocenters. The first-order valence-electron chi connectivity index (χ1n) is 4.49. The highest BCUT2D eigenvalue weighted by atomic mass is 32.1. The second-order valence-electron chi connectivity index (χ2n) is 2.75. The normalized spacial score (nSPS) is 9.17. The molecule has 0 amide bonds. The van der Waals surface area contributed by atoms with Gasteiger partial charge in [0.25, 0.3) is 0 Å². The van der Waals surface area contributed by atoms with Crippen molar-refractivity contribution >= 4 is 12.6 Å². The van der Waals surface area contributed by atoms with Crippen LogP contribution in [-0.4, -0.2) is 0 Å². The predicted molar refractivity (Wildman–Crippen MR) is 59.1 cm³/mol. The molecule has 12 heavy (non-hydrogen) atoms. The minimum atomic E-state index is 0.604. The highest BCUT2D eigenvalue weighted by Crippen LogP contribution is 2.16. The second-order valence-corrected chi connectivity index (χ2v) is 3.27. The Morgan fingerprint density at radius 2 is 1.75 bits per heavy atom. The molecule has 0 saturated carbocycles. The number of hydrogen-bond acceptors (Lipinski definition) is 1. The zero-order chi connectivity index (χ0) is 9.56. The van der Waals surface area contributed by atoms with Gasteiger partial charge in [-0.3, -0.25) is 0 Å². The molecule has 1 rings (SSSR count). The quantitative estimate of drug-likeness (QED) is 0.620. The van der Waals surface area contributed by atoms with Gasteiger partial charge in [-0.05, 0) is 23.6 Å². The van der Waals surface area contributed by atoms with Crippen molar-refractivity contribution in [2.45, 2.75) is 38.5 Å². The first-order chi connectivity index (χ1) is 5.70. The molecule has 0 bridgehead atoms. The van der Waals surface area contributed by atoms with Crippen LogP contribution in [0.4, 0.5) is 0 Å². The van der Waals surface area contributed by atoms with Gasteiger partial charge in [-0.1, -0.05) is 39.8 Å². The molecule has 0 aliphatic rings. The Bertz CT molecular complexity index is 216. The molecule has 1 aromatic rings. The Morgan fingerprint density at radius 3 is 2.08 bits per heavy atom. The van der Waals surface area contributed by atoms with Crippen LogP contribution in [0.5, 0.6) is 0 Å². The SMILES string of the molecule is CC.CC(C)c1cccc(S)c1. The van der Waals surface area contributed by atoms with Crippen molar-refractivity contribution in [1.29, 1.82) is 0 Å². The predicted octanol–water partition coefficient (Wildman–Crippen LogP) is 4.12. The van der Waals surface area contributed by atoms with E-state index in [9.17, 15) is 0 Å². The fourth-order valence-corrected chi connectivity index (χ4v) is 1.12. The Hall–Kier alpha value is -0.430. The molecule has 0 radical (unpaired) electrons. The Morgan fingerprint density at radius 1 is 1.17 bits per heavy atom. The van der Waals surface area contributed by atoms with Gasteiger partial charge >= 0.3 is 0 Å². The fourth-order valence-electron chi connectivity index (χ4n) is 0.884. The van der Waals surface area contributed by atoms with Crippen molar-refractivity contribution in [3.8, 4) is 0 Å². The summed E-state index contributed by atoms with van der Waals surface area (Å²) in [5.74, 6) is 0.604. The molecule has 0 fully saturated rings. The van der Waals surface area contributed by atoms with Crippen molar-refractivity contribution in [2.24, 2.45) is 0 Å². The van der Waals surface area contributed by atoms with Gasteiger partial charge < -0.3 is 0 Å².